The lowest BCUT2D eigenvalue weighted by Crippen LogP contribution is -2.22. The smallest absolute Gasteiger partial charge is 0.277 e. The number of carbonyl (C=O) groups excluding carboxylic acids is 1. The summed E-state index contributed by atoms with van der Waals surface area (Å²) in [6.07, 6.45) is 0. The molecule has 1 amide bonds. The third kappa shape index (κ3) is 4.61. The van der Waals surface area contributed by atoms with Crippen LogP contribution in [0.25, 0.3) is 11.5 Å². The van der Waals surface area contributed by atoms with Crippen LogP contribution in [0.5, 0.6) is 0 Å². The normalized spacial score (nSPS) is 12.0. The number of amides is 1. The van der Waals surface area contributed by atoms with Gasteiger partial charge in [-0.2, -0.15) is 0 Å². The van der Waals surface area contributed by atoms with Gasteiger partial charge in [-0.3, -0.25) is 4.79 Å². The van der Waals surface area contributed by atoms with Gasteiger partial charge >= 0.3 is 0 Å². The molecule has 0 aliphatic carbocycles. The Kier molecular flexibility index (Phi) is 5.40. The van der Waals surface area contributed by atoms with Gasteiger partial charge < -0.3 is 9.73 Å². The molecule has 25 heavy (non-hydrogen) atoms. The van der Waals surface area contributed by atoms with E-state index in [4.69, 9.17) is 16.0 Å². The number of nitrogens with one attached hydrogen (secondary N) is 1. The summed E-state index contributed by atoms with van der Waals surface area (Å²) in [5.74, 6) is 0.271. The molecule has 2 aromatic carbocycles. The van der Waals surface area contributed by atoms with Gasteiger partial charge in [0.1, 0.15) is 0 Å². The highest BCUT2D eigenvalue weighted by Gasteiger charge is 2.19. The third-order valence-corrected chi connectivity index (χ3v) is 4.62. The lowest BCUT2D eigenvalue weighted by Gasteiger charge is -2.10. The van der Waals surface area contributed by atoms with Gasteiger partial charge in [0.15, 0.2) is 0 Å². The number of aryl methyl sites for hydroxylation is 1. The van der Waals surface area contributed by atoms with Crippen LogP contribution in [-0.2, 0) is 4.79 Å². The quantitative estimate of drug-likeness (QED) is 0.649. The maximum Gasteiger partial charge on any atom is 0.277 e. The molecule has 0 unspecified atom stereocenters. The predicted octanol–water partition coefficient (Wildman–Crippen LogP) is 4.82. The van der Waals surface area contributed by atoms with Crippen molar-refractivity contribution in [3.63, 3.8) is 0 Å². The molecule has 128 valence electrons. The Labute approximate surface area is 154 Å². The van der Waals surface area contributed by atoms with E-state index in [0.717, 1.165) is 16.8 Å². The Bertz CT molecular complexity index is 880. The van der Waals surface area contributed by atoms with Crippen molar-refractivity contribution >= 4 is 35.0 Å². The zero-order valence-corrected chi connectivity index (χ0v) is 15.3. The predicted molar refractivity (Wildman–Crippen MR) is 99.9 cm³/mol. The van der Waals surface area contributed by atoms with Gasteiger partial charge in [0, 0.05) is 16.3 Å². The van der Waals surface area contributed by atoms with Gasteiger partial charge in [-0.25, -0.2) is 0 Å². The first-order chi connectivity index (χ1) is 12.0. The maximum absolute atomic E-state index is 12.3. The molecule has 0 fully saturated rings. The number of aromatic nitrogens is 2. The van der Waals surface area contributed by atoms with Crippen molar-refractivity contribution in [3.05, 3.63) is 59.1 Å². The first-order valence-electron chi connectivity index (χ1n) is 7.65. The van der Waals surface area contributed by atoms with Crippen LogP contribution in [0.3, 0.4) is 0 Å². The van der Waals surface area contributed by atoms with Crippen molar-refractivity contribution in [2.45, 2.75) is 24.3 Å². The maximum atomic E-state index is 12.3. The molecule has 0 bridgehead atoms. The molecular weight excluding hydrogens is 358 g/mol. The molecule has 3 rings (SSSR count). The van der Waals surface area contributed by atoms with Gasteiger partial charge in [-0.05, 0) is 55.8 Å². The van der Waals surface area contributed by atoms with Crippen molar-refractivity contribution in [1.82, 2.24) is 10.2 Å². The van der Waals surface area contributed by atoms with Crippen LogP contribution >= 0.6 is 23.4 Å². The Morgan fingerprint density at radius 1 is 1.20 bits per heavy atom. The zero-order valence-electron chi connectivity index (χ0n) is 13.7. The largest absolute Gasteiger partial charge is 0.411 e. The molecule has 3 aromatic rings. The number of hydrogen-bond acceptors (Lipinski definition) is 5. The average Bonchev–Trinajstić information content (AvgIpc) is 3.04. The fraction of sp³-hybridized carbons (Fsp3) is 0.167. The number of hydrogen-bond donors (Lipinski definition) is 1. The second kappa shape index (κ2) is 7.72. The van der Waals surface area contributed by atoms with Gasteiger partial charge in [0.25, 0.3) is 5.22 Å². The number of halogens is 1. The van der Waals surface area contributed by atoms with Gasteiger partial charge in [-0.1, -0.05) is 35.5 Å². The Hall–Kier alpha value is -2.31. The molecule has 1 aromatic heterocycles. The standard InChI is InChI=1S/C18H16ClN3O2S/c1-11-4-3-5-15(10-11)20-16(23)12(2)25-18-22-21-17(24-18)13-6-8-14(19)9-7-13/h3-10,12H,1-2H3,(H,20,23)/t12-/m0/s1. The second-order valence-corrected chi connectivity index (χ2v) is 7.23. The minimum absolute atomic E-state index is 0.123. The van der Waals surface area contributed by atoms with Crippen molar-refractivity contribution in [2.24, 2.45) is 0 Å². The van der Waals surface area contributed by atoms with Crippen LogP contribution < -0.4 is 5.32 Å². The molecule has 0 radical (unpaired) electrons. The number of carbonyl (C=O) groups is 1. The Morgan fingerprint density at radius 2 is 1.96 bits per heavy atom. The van der Waals surface area contributed by atoms with Crippen LogP contribution in [0.2, 0.25) is 5.02 Å². The number of rotatable bonds is 5. The van der Waals surface area contributed by atoms with E-state index in [1.54, 1.807) is 31.2 Å². The van der Waals surface area contributed by atoms with E-state index in [2.05, 4.69) is 15.5 Å². The lowest BCUT2D eigenvalue weighted by atomic mass is 10.2. The number of thioether (sulfide) groups is 1. The first kappa shape index (κ1) is 17.5. The fourth-order valence-corrected chi connectivity index (χ4v) is 2.95. The van der Waals surface area contributed by atoms with Crippen molar-refractivity contribution < 1.29 is 9.21 Å². The van der Waals surface area contributed by atoms with Crippen molar-refractivity contribution in [3.8, 4) is 11.5 Å². The van der Waals surface area contributed by atoms with Gasteiger partial charge in [0.2, 0.25) is 11.8 Å². The van der Waals surface area contributed by atoms with E-state index in [9.17, 15) is 4.79 Å². The monoisotopic (exact) mass is 373 g/mol. The van der Waals surface area contributed by atoms with Crippen LogP contribution in [-0.4, -0.2) is 21.4 Å². The highest BCUT2D eigenvalue weighted by molar-refractivity contribution is 8.00. The summed E-state index contributed by atoms with van der Waals surface area (Å²) in [7, 11) is 0. The topological polar surface area (TPSA) is 68.0 Å². The second-order valence-electron chi connectivity index (χ2n) is 5.50. The van der Waals surface area contributed by atoms with Crippen molar-refractivity contribution in [1.29, 1.82) is 0 Å². The van der Waals surface area contributed by atoms with E-state index >= 15 is 0 Å². The fourth-order valence-electron chi connectivity index (χ4n) is 2.14. The summed E-state index contributed by atoms with van der Waals surface area (Å²) >= 11 is 7.08. The molecule has 1 heterocycles. The average molecular weight is 374 g/mol. The molecule has 0 aliphatic heterocycles. The summed E-state index contributed by atoms with van der Waals surface area (Å²) < 4.78 is 5.62. The van der Waals surface area contributed by atoms with Crippen molar-refractivity contribution in [2.75, 3.05) is 5.32 Å². The molecule has 1 atom stereocenters. The molecule has 0 spiro atoms. The molecular formula is C18H16ClN3O2S. The molecule has 1 N–H and O–H groups in total. The van der Waals surface area contributed by atoms with Gasteiger partial charge in [0.05, 0.1) is 5.25 Å². The summed E-state index contributed by atoms with van der Waals surface area (Å²) in [4.78, 5) is 12.3. The van der Waals surface area contributed by atoms with E-state index in [-0.39, 0.29) is 11.2 Å². The zero-order chi connectivity index (χ0) is 17.8. The number of anilines is 1. The summed E-state index contributed by atoms with van der Waals surface area (Å²) in [6.45, 7) is 3.77. The molecule has 7 heteroatoms. The van der Waals surface area contributed by atoms with Crippen LogP contribution in [0.1, 0.15) is 12.5 Å². The van der Waals surface area contributed by atoms with E-state index in [0.29, 0.717) is 16.1 Å². The van der Waals surface area contributed by atoms with E-state index < -0.39 is 0 Å². The summed E-state index contributed by atoms with van der Waals surface area (Å²) in [5, 5.41) is 11.5. The first-order valence-corrected chi connectivity index (χ1v) is 8.90. The summed E-state index contributed by atoms with van der Waals surface area (Å²) in [5.41, 5.74) is 2.63. The number of nitrogens with zero attached hydrogens (tertiary/aromatic N) is 2. The SMILES string of the molecule is Cc1cccc(NC(=O)[C@H](C)Sc2nnc(-c3ccc(Cl)cc3)o2)c1. The van der Waals surface area contributed by atoms with Gasteiger partial charge in [-0.15, -0.1) is 10.2 Å². The molecule has 5 nitrogen and oxygen atoms in total. The van der Waals surface area contributed by atoms with Crippen LogP contribution in [0, 0.1) is 6.92 Å². The Morgan fingerprint density at radius 3 is 2.68 bits per heavy atom. The number of benzene rings is 2. The highest BCUT2D eigenvalue weighted by Crippen LogP contribution is 2.27. The minimum atomic E-state index is -0.376. The molecule has 0 saturated carbocycles. The Balaban J connectivity index is 1.63. The lowest BCUT2D eigenvalue weighted by molar-refractivity contribution is -0.115. The highest BCUT2D eigenvalue weighted by atomic mass is 35.5. The summed E-state index contributed by atoms with van der Waals surface area (Å²) in [6, 6.07) is 14.8. The molecule has 0 saturated heterocycles. The van der Waals surface area contributed by atoms with E-state index in [1.807, 2.05) is 31.2 Å². The molecule has 0 aliphatic rings. The minimum Gasteiger partial charge on any atom is -0.411 e. The third-order valence-electron chi connectivity index (χ3n) is 3.43. The van der Waals surface area contributed by atoms with E-state index in [1.165, 1.54) is 11.8 Å². The van der Waals surface area contributed by atoms with Crippen LogP contribution in [0.15, 0.2) is 58.2 Å². The van der Waals surface area contributed by atoms with Crippen LogP contribution in [0.4, 0.5) is 5.69 Å².